The summed E-state index contributed by atoms with van der Waals surface area (Å²) in [6, 6.07) is 5.26. The maximum Gasteiger partial charge on any atom is 0.269 e. The second-order valence-electron chi connectivity index (χ2n) is 6.88. The van der Waals surface area contributed by atoms with Gasteiger partial charge in [0.1, 0.15) is 5.69 Å². The molecule has 7 nitrogen and oxygen atoms in total. The van der Waals surface area contributed by atoms with E-state index >= 15 is 0 Å². The summed E-state index contributed by atoms with van der Waals surface area (Å²) in [5.74, 6) is -0.0183. The number of aromatic nitrogens is 3. The van der Waals surface area contributed by atoms with Gasteiger partial charge in [0, 0.05) is 62.9 Å². The van der Waals surface area contributed by atoms with Crippen molar-refractivity contribution in [3.8, 4) is 0 Å². The standard InChI is InChI=1S/C19H25N5O2/c1-13(2)19(26)24-11-8-17-14(12-24)15(22-23(17)3)7-10-21-18(25)16-6-4-5-9-20-16/h4-6,9,13H,7-8,10-12H2,1-3H3,(H,21,25). The van der Waals surface area contributed by atoms with Crippen molar-refractivity contribution in [2.24, 2.45) is 13.0 Å². The van der Waals surface area contributed by atoms with E-state index in [4.69, 9.17) is 0 Å². The van der Waals surface area contributed by atoms with Crippen LogP contribution >= 0.6 is 0 Å². The summed E-state index contributed by atoms with van der Waals surface area (Å²) in [4.78, 5) is 30.4. The summed E-state index contributed by atoms with van der Waals surface area (Å²) in [7, 11) is 1.94. The van der Waals surface area contributed by atoms with Crippen LogP contribution in [0, 0.1) is 5.92 Å². The van der Waals surface area contributed by atoms with Crippen molar-refractivity contribution in [1.29, 1.82) is 0 Å². The number of nitrogens with zero attached hydrogens (tertiary/aromatic N) is 4. The fourth-order valence-corrected chi connectivity index (χ4v) is 3.31. The van der Waals surface area contributed by atoms with E-state index in [1.807, 2.05) is 30.5 Å². The molecule has 0 saturated carbocycles. The molecule has 2 amide bonds. The number of fused-ring (bicyclic) bond motifs is 1. The first kappa shape index (κ1) is 18.1. The van der Waals surface area contributed by atoms with Gasteiger partial charge >= 0.3 is 0 Å². The summed E-state index contributed by atoms with van der Waals surface area (Å²) >= 11 is 0. The summed E-state index contributed by atoms with van der Waals surface area (Å²) in [6.07, 6.45) is 3.05. The Hall–Kier alpha value is -2.70. The van der Waals surface area contributed by atoms with Crippen LogP contribution in [0.15, 0.2) is 24.4 Å². The molecule has 7 heteroatoms. The molecule has 3 heterocycles. The average Bonchev–Trinajstić information content (AvgIpc) is 2.97. The minimum atomic E-state index is -0.188. The van der Waals surface area contributed by atoms with Crippen molar-refractivity contribution in [2.45, 2.75) is 33.2 Å². The predicted molar refractivity (Wildman–Crippen MR) is 97.4 cm³/mol. The molecule has 138 valence electrons. The van der Waals surface area contributed by atoms with Crippen LogP contribution < -0.4 is 5.32 Å². The Morgan fingerprint density at radius 2 is 2.12 bits per heavy atom. The third-order valence-corrected chi connectivity index (χ3v) is 4.68. The molecule has 1 N–H and O–H groups in total. The molecule has 0 bridgehead atoms. The molecule has 2 aromatic heterocycles. The number of nitrogens with one attached hydrogen (secondary N) is 1. The smallest absolute Gasteiger partial charge is 0.269 e. The van der Waals surface area contributed by atoms with E-state index in [0.29, 0.717) is 25.2 Å². The molecule has 3 rings (SSSR count). The van der Waals surface area contributed by atoms with Gasteiger partial charge in [-0.3, -0.25) is 19.3 Å². The van der Waals surface area contributed by atoms with E-state index in [1.54, 1.807) is 24.4 Å². The highest BCUT2D eigenvalue weighted by Crippen LogP contribution is 2.23. The maximum atomic E-state index is 12.3. The topological polar surface area (TPSA) is 80.1 Å². The van der Waals surface area contributed by atoms with Crippen molar-refractivity contribution < 1.29 is 9.59 Å². The summed E-state index contributed by atoms with van der Waals surface area (Å²) < 4.78 is 1.91. The summed E-state index contributed by atoms with van der Waals surface area (Å²) in [5, 5.41) is 7.50. The Labute approximate surface area is 153 Å². The van der Waals surface area contributed by atoms with Gasteiger partial charge in [-0.1, -0.05) is 19.9 Å². The summed E-state index contributed by atoms with van der Waals surface area (Å²) in [6.45, 7) is 5.67. The van der Waals surface area contributed by atoms with Crippen molar-refractivity contribution >= 4 is 11.8 Å². The third-order valence-electron chi connectivity index (χ3n) is 4.68. The van der Waals surface area contributed by atoms with E-state index in [1.165, 1.54) is 5.69 Å². The van der Waals surface area contributed by atoms with Gasteiger partial charge in [-0.15, -0.1) is 0 Å². The van der Waals surface area contributed by atoms with Gasteiger partial charge in [0.2, 0.25) is 5.91 Å². The normalized spacial score (nSPS) is 13.6. The van der Waals surface area contributed by atoms with Gasteiger partial charge in [0.05, 0.1) is 5.69 Å². The molecule has 0 unspecified atom stereocenters. The van der Waals surface area contributed by atoms with Gasteiger partial charge < -0.3 is 10.2 Å². The molecule has 0 saturated heterocycles. The highest BCUT2D eigenvalue weighted by Gasteiger charge is 2.27. The summed E-state index contributed by atoms with van der Waals surface area (Å²) in [5.41, 5.74) is 3.66. The van der Waals surface area contributed by atoms with Crippen LogP contribution in [-0.2, 0) is 31.2 Å². The molecule has 0 spiro atoms. The fraction of sp³-hybridized carbons (Fsp3) is 0.474. The third kappa shape index (κ3) is 3.76. The number of hydrogen-bond acceptors (Lipinski definition) is 4. The van der Waals surface area contributed by atoms with E-state index in [0.717, 1.165) is 24.2 Å². The number of aryl methyl sites for hydroxylation is 1. The molecule has 26 heavy (non-hydrogen) atoms. The van der Waals surface area contributed by atoms with Gasteiger partial charge in [-0.25, -0.2) is 0 Å². The van der Waals surface area contributed by atoms with Gasteiger partial charge in [-0.05, 0) is 12.1 Å². The van der Waals surface area contributed by atoms with Gasteiger partial charge in [0.25, 0.3) is 5.91 Å². The van der Waals surface area contributed by atoms with Crippen LogP contribution in [0.2, 0.25) is 0 Å². The van der Waals surface area contributed by atoms with E-state index < -0.39 is 0 Å². The van der Waals surface area contributed by atoms with Crippen LogP contribution in [0.25, 0.3) is 0 Å². The number of rotatable bonds is 5. The lowest BCUT2D eigenvalue weighted by molar-refractivity contribution is -0.135. The number of pyridine rings is 1. The maximum absolute atomic E-state index is 12.3. The molecule has 0 aliphatic carbocycles. The second kappa shape index (κ2) is 7.68. The number of carbonyl (C=O) groups excluding carboxylic acids is 2. The van der Waals surface area contributed by atoms with Gasteiger partial charge in [0.15, 0.2) is 0 Å². The van der Waals surface area contributed by atoms with Crippen molar-refractivity contribution in [3.63, 3.8) is 0 Å². The monoisotopic (exact) mass is 355 g/mol. The average molecular weight is 355 g/mol. The van der Waals surface area contributed by atoms with E-state index in [-0.39, 0.29) is 17.7 Å². The zero-order valence-corrected chi connectivity index (χ0v) is 15.5. The quantitative estimate of drug-likeness (QED) is 0.877. The molecule has 0 radical (unpaired) electrons. The predicted octanol–water partition coefficient (Wildman–Crippen LogP) is 1.33. The molecule has 1 aliphatic rings. The first-order valence-corrected chi connectivity index (χ1v) is 8.99. The first-order chi connectivity index (χ1) is 12.5. The van der Waals surface area contributed by atoms with Crippen LogP contribution in [-0.4, -0.2) is 44.6 Å². The molecular formula is C19H25N5O2. The number of hydrogen-bond donors (Lipinski definition) is 1. The Bertz CT molecular complexity index is 798. The lowest BCUT2D eigenvalue weighted by atomic mass is 10.0. The van der Waals surface area contributed by atoms with E-state index in [9.17, 15) is 9.59 Å². The van der Waals surface area contributed by atoms with Crippen molar-refractivity contribution in [3.05, 3.63) is 47.0 Å². The van der Waals surface area contributed by atoms with Crippen molar-refractivity contribution in [2.75, 3.05) is 13.1 Å². The van der Waals surface area contributed by atoms with Crippen LogP contribution in [0.3, 0.4) is 0 Å². The molecule has 1 aliphatic heterocycles. The Morgan fingerprint density at radius 3 is 2.81 bits per heavy atom. The Morgan fingerprint density at radius 1 is 1.31 bits per heavy atom. The first-order valence-electron chi connectivity index (χ1n) is 8.99. The molecule has 0 aromatic carbocycles. The zero-order valence-electron chi connectivity index (χ0n) is 15.5. The van der Waals surface area contributed by atoms with Crippen molar-refractivity contribution in [1.82, 2.24) is 25.0 Å². The minimum Gasteiger partial charge on any atom is -0.350 e. The highest BCUT2D eigenvalue weighted by atomic mass is 16.2. The number of carbonyl (C=O) groups is 2. The fourth-order valence-electron chi connectivity index (χ4n) is 3.31. The lowest BCUT2D eigenvalue weighted by Gasteiger charge is -2.29. The minimum absolute atomic E-state index is 0.00525. The van der Waals surface area contributed by atoms with Gasteiger partial charge in [-0.2, -0.15) is 5.10 Å². The molecule has 2 aromatic rings. The van der Waals surface area contributed by atoms with Crippen LogP contribution in [0.1, 0.15) is 41.3 Å². The lowest BCUT2D eigenvalue weighted by Crippen LogP contribution is -2.38. The van der Waals surface area contributed by atoms with Crippen LogP contribution in [0.4, 0.5) is 0 Å². The second-order valence-corrected chi connectivity index (χ2v) is 6.88. The molecular weight excluding hydrogens is 330 g/mol. The van der Waals surface area contributed by atoms with Crippen LogP contribution in [0.5, 0.6) is 0 Å². The largest absolute Gasteiger partial charge is 0.350 e. The highest BCUT2D eigenvalue weighted by molar-refractivity contribution is 5.92. The molecule has 0 fully saturated rings. The zero-order chi connectivity index (χ0) is 18.7. The van der Waals surface area contributed by atoms with E-state index in [2.05, 4.69) is 15.4 Å². The Kier molecular flexibility index (Phi) is 5.35. The Balaban J connectivity index is 1.65. The number of amides is 2. The molecule has 0 atom stereocenters. The SMILES string of the molecule is CC(C)C(=O)N1CCc2c(c(CCNC(=O)c3ccccn3)nn2C)C1.